The van der Waals surface area contributed by atoms with Crippen LogP contribution in [0.5, 0.6) is 0 Å². The maximum Gasteiger partial charge on any atom is 0.271 e. The van der Waals surface area contributed by atoms with E-state index in [9.17, 15) is 4.79 Å². The number of aromatic nitrogens is 4. The van der Waals surface area contributed by atoms with E-state index in [0.717, 1.165) is 5.56 Å². The number of nitrogens with zero attached hydrogens (tertiary/aromatic N) is 4. The van der Waals surface area contributed by atoms with Crippen LogP contribution in [-0.4, -0.2) is 32.6 Å². The highest BCUT2D eigenvalue weighted by Crippen LogP contribution is 2.18. The third kappa shape index (κ3) is 3.87. The van der Waals surface area contributed by atoms with E-state index in [1.54, 1.807) is 24.3 Å². The van der Waals surface area contributed by atoms with Crippen LogP contribution in [0.15, 0.2) is 41.3 Å². The van der Waals surface area contributed by atoms with Gasteiger partial charge in [-0.1, -0.05) is 28.4 Å². The molecular weight excluding hydrogens is 353 g/mol. The Balaban J connectivity index is 1.57. The minimum absolute atomic E-state index is 0.124. The SMILES string of the molecule is O=C(NCCc1nc(-c2ccc(Cl)cc2)no1)c1ncncc1Cl. The van der Waals surface area contributed by atoms with Crippen LogP contribution < -0.4 is 5.32 Å². The molecule has 7 nitrogen and oxygen atoms in total. The van der Waals surface area contributed by atoms with Gasteiger partial charge in [-0.2, -0.15) is 4.98 Å². The molecule has 2 heterocycles. The van der Waals surface area contributed by atoms with Crippen LogP contribution in [0.25, 0.3) is 11.4 Å². The molecular formula is C15H11Cl2N5O2. The Morgan fingerprint density at radius 1 is 1.21 bits per heavy atom. The van der Waals surface area contributed by atoms with Gasteiger partial charge < -0.3 is 9.84 Å². The van der Waals surface area contributed by atoms with Gasteiger partial charge in [-0.05, 0) is 24.3 Å². The summed E-state index contributed by atoms with van der Waals surface area (Å²) in [6, 6.07) is 7.10. The van der Waals surface area contributed by atoms with Crippen molar-refractivity contribution in [3.05, 3.63) is 58.4 Å². The monoisotopic (exact) mass is 363 g/mol. The fraction of sp³-hybridized carbons (Fsp3) is 0.133. The summed E-state index contributed by atoms with van der Waals surface area (Å²) in [5.41, 5.74) is 0.922. The van der Waals surface area contributed by atoms with Crippen molar-refractivity contribution in [2.24, 2.45) is 0 Å². The second-order valence-corrected chi connectivity index (χ2v) is 5.59. The largest absolute Gasteiger partial charge is 0.350 e. The van der Waals surface area contributed by atoms with Crippen molar-refractivity contribution >= 4 is 29.1 Å². The van der Waals surface area contributed by atoms with Gasteiger partial charge >= 0.3 is 0 Å². The quantitative estimate of drug-likeness (QED) is 0.748. The summed E-state index contributed by atoms with van der Waals surface area (Å²) in [6.07, 6.45) is 3.01. The lowest BCUT2D eigenvalue weighted by Gasteiger charge is -2.03. The Morgan fingerprint density at radius 3 is 2.75 bits per heavy atom. The highest BCUT2D eigenvalue weighted by Gasteiger charge is 2.13. The lowest BCUT2D eigenvalue weighted by Crippen LogP contribution is -2.27. The van der Waals surface area contributed by atoms with Gasteiger partial charge in [0.25, 0.3) is 5.91 Å². The Kier molecular flexibility index (Phi) is 5.02. The van der Waals surface area contributed by atoms with Crippen LogP contribution in [0.4, 0.5) is 0 Å². The van der Waals surface area contributed by atoms with Gasteiger partial charge in [0.05, 0.1) is 5.02 Å². The average Bonchev–Trinajstić information content (AvgIpc) is 3.04. The van der Waals surface area contributed by atoms with Gasteiger partial charge in [0.15, 0.2) is 0 Å². The van der Waals surface area contributed by atoms with Crippen molar-refractivity contribution in [1.82, 2.24) is 25.4 Å². The van der Waals surface area contributed by atoms with E-state index in [4.69, 9.17) is 27.7 Å². The van der Waals surface area contributed by atoms with E-state index in [1.165, 1.54) is 12.5 Å². The maximum atomic E-state index is 11.9. The van der Waals surface area contributed by atoms with Gasteiger partial charge in [0, 0.05) is 29.7 Å². The molecule has 0 atom stereocenters. The summed E-state index contributed by atoms with van der Waals surface area (Å²) in [5.74, 6) is 0.487. The number of carbonyl (C=O) groups excluding carboxylic acids is 1. The zero-order chi connectivity index (χ0) is 16.9. The number of rotatable bonds is 5. The minimum atomic E-state index is -0.389. The molecule has 0 fully saturated rings. The van der Waals surface area contributed by atoms with Crippen LogP contribution in [-0.2, 0) is 6.42 Å². The fourth-order valence-electron chi connectivity index (χ4n) is 1.92. The normalized spacial score (nSPS) is 10.6. The van der Waals surface area contributed by atoms with Gasteiger partial charge in [-0.3, -0.25) is 4.79 Å². The summed E-state index contributed by atoms with van der Waals surface area (Å²) in [6.45, 7) is 0.307. The summed E-state index contributed by atoms with van der Waals surface area (Å²) in [5, 5.41) is 7.41. The zero-order valence-electron chi connectivity index (χ0n) is 12.2. The van der Waals surface area contributed by atoms with Crippen LogP contribution in [0.3, 0.4) is 0 Å². The Bertz CT molecular complexity index is 851. The minimum Gasteiger partial charge on any atom is -0.350 e. The molecule has 2 aromatic heterocycles. The van der Waals surface area contributed by atoms with Gasteiger partial charge in [0.2, 0.25) is 11.7 Å². The standard InChI is InChI=1S/C15H11Cl2N5O2/c16-10-3-1-9(2-4-10)14-21-12(24-22-14)5-6-19-15(23)13-11(17)7-18-8-20-13/h1-4,7-8H,5-6H2,(H,19,23). The molecule has 0 saturated heterocycles. The Morgan fingerprint density at radius 2 is 2.00 bits per heavy atom. The van der Waals surface area contributed by atoms with Crippen molar-refractivity contribution in [3.63, 3.8) is 0 Å². The van der Waals surface area contributed by atoms with Crippen molar-refractivity contribution in [3.8, 4) is 11.4 Å². The predicted molar refractivity (Wildman–Crippen MR) is 87.8 cm³/mol. The molecule has 1 amide bonds. The highest BCUT2D eigenvalue weighted by atomic mass is 35.5. The number of hydrogen-bond donors (Lipinski definition) is 1. The zero-order valence-corrected chi connectivity index (χ0v) is 13.8. The topological polar surface area (TPSA) is 93.8 Å². The van der Waals surface area contributed by atoms with E-state index in [-0.39, 0.29) is 16.6 Å². The van der Waals surface area contributed by atoms with Crippen molar-refractivity contribution < 1.29 is 9.32 Å². The molecule has 0 radical (unpaired) electrons. The van der Waals surface area contributed by atoms with Crippen molar-refractivity contribution in [2.45, 2.75) is 6.42 Å². The molecule has 0 aliphatic carbocycles. The Labute approximate surface area is 147 Å². The molecule has 24 heavy (non-hydrogen) atoms. The van der Waals surface area contributed by atoms with Gasteiger partial charge in [-0.15, -0.1) is 0 Å². The van der Waals surface area contributed by atoms with Gasteiger partial charge in [-0.25, -0.2) is 9.97 Å². The molecule has 0 saturated carbocycles. The third-order valence-corrected chi connectivity index (χ3v) is 3.61. The van der Waals surface area contributed by atoms with Crippen LogP contribution in [0.2, 0.25) is 10.0 Å². The van der Waals surface area contributed by atoms with E-state index in [0.29, 0.717) is 29.7 Å². The molecule has 0 spiro atoms. The molecule has 9 heteroatoms. The van der Waals surface area contributed by atoms with E-state index in [1.807, 2.05) is 0 Å². The predicted octanol–water partition coefficient (Wildman–Crippen LogP) is 2.81. The number of carbonyl (C=O) groups is 1. The molecule has 0 bridgehead atoms. The first-order valence-electron chi connectivity index (χ1n) is 6.95. The summed E-state index contributed by atoms with van der Waals surface area (Å²) in [7, 11) is 0. The van der Waals surface area contributed by atoms with E-state index >= 15 is 0 Å². The molecule has 3 aromatic rings. The van der Waals surface area contributed by atoms with Gasteiger partial charge in [0.1, 0.15) is 12.0 Å². The van der Waals surface area contributed by atoms with E-state index in [2.05, 4.69) is 25.4 Å². The second kappa shape index (κ2) is 7.37. The first kappa shape index (κ1) is 16.4. The summed E-state index contributed by atoms with van der Waals surface area (Å²) in [4.78, 5) is 23.8. The number of halogens is 2. The molecule has 0 aliphatic rings. The van der Waals surface area contributed by atoms with E-state index < -0.39 is 0 Å². The second-order valence-electron chi connectivity index (χ2n) is 4.74. The Hall–Kier alpha value is -2.51. The van der Waals surface area contributed by atoms with Crippen molar-refractivity contribution in [2.75, 3.05) is 6.54 Å². The molecule has 122 valence electrons. The number of hydrogen-bond acceptors (Lipinski definition) is 6. The smallest absolute Gasteiger partial charge is 0.271 e. The summed E-state index contributed by atoms with van der Waals surface area (Å²) < 4.78 is 5.16. The lowest BCUT2D eigenvalue weighted by molar-refractivity contribution is 0.0948. The molecule has 0 aliphatic heterocycles. The first-order chi connectivity index (χ1) is 11.6. The maximum absolute atomic E-state index is 11.9. The number of benzene rings is 1. The van der Waals surface area contributed by atoms with Crippen LogP contribution >= 0.6 is 23.2 Å². The number of amides is 1. The average molecular weight is 364 g/mol. The fourth-order valence-corrected chi connectivity index (χ4v) is 2.24. The first-order valence-corrected chi connectivity index (χ1v) is 7.71. The molecule has 3 rings (SSSR count). The molecule has 0 unspecified atom stereocenters. The molecule has 1 aromatic carbocycles. The van der Waals surface area contributed by atoms with Crippen LogP contribution in [0.1, 0.15) is 16.4 Å². The highest BCUT2D eigenvalue weighted by molar-refractivity contribution is 6.33. The van der Waals surface area contributed by atoms with Crippen molar-refractivity contribution in [1.29, 1.82) is 0 Å². The third-order valence-electron chi connectivity index (χ3n) is 3.08. The van der Waals surface area contributed by atoms with Crippen LogP contribution in [0, 0.1) is 0 Å². The lowest BCUT2D eigenvalue weighted by atomic mass is 10.2. The molecule has 1 N–H and O–H groups in total. The summed E-state index contributed by atoms with van der Waals surface area (Å²) >= 11 is 11.7. The number of nitrogens with one attached hydrogen (secondary N) is 1.